The molecule has 6 heteroatoms. The van der Waals surface area contributed by atoms with E-state index in [9.17, 15) is 4.79 Å². The van der Waals surface area contributed by atoms with Crippen LogP contribution in [-0.2, 0) is 6.54 Å². The first kappa shape index (κ1) is 24.3. The van der Waals surface area contributed by atoms with Gasteiger partial charge in [0.05, 0.1) is 25.3 Å². The monoisotopic (exact) mass is 463 g/mol. The van der Waals surface area contributed by atoms with Gasteiger partial charge in [-0.3, -0.25) is 15.0 Å². The molecule has 4 rings (SSSR count). The molecule has 2 heterocycles. The van der Waals surface area contributed by atoms with Crippen LogP contribution in [0.15, 0.2) is 48.2 Å². The van der Waals surface area contributed by atoms with Gasteiger partial charge in [0.1, 0.15) is 0 Å². The lowest BCUT2D eigenvalue weighted by atomic mass is 9.88. The highest BCUT2D eigenvalue weighted by Gasteiger charge is 2.46. The van der Waals surface area contributed by atoms with Crippen LogP contribution in [0.1, 0.15) is 49.2 Å². The van der Waals surface area contributed by atoms with E-state index in [1.165, 1.54) is 16.8 Å². The van der Waals surface area contributed by atoms with Crippen LogP contribution in [0.25, 0.3) is 5.57 Å². The maximum atomic E-state index is 11.4. The highest BCUT2D eigenvalue weighted by molar-refractivity contribution is 5.82. The number of hydrogen-bond donors (Lipinski definition) is 1. The van der Waals surface area contributed by atoms with Crippen molar-refractivity contribution in [2.45, 2.75) is 45.3 Å². The molecular weight excluding hydrogens is 426 g/mol. The van der Waals surface area contributed by atoms with E-state index >= 15 is 0 Å². The molecule has 0 unspecified atom stereocenters. The van der Waals surface area contributed by atoms with Crippen LogP contribution in [0.3, 0.4) is 0 Å². The number of ether oxygens (including phenoxy) is 2. The third-order valence-corrected chi connectivity index (χ3v) is 6.98. The Kier molecular flexibility index (Phi) is 6.74. The van der Waals surface area contributed by atoms with E-state index in [0.29, 0.717) is 17.1 Å². The number of aldehydes is 1. The quantitative estimate of drug-likeness (QED) is 0.621. The lowest BCUT2D eigenvalue weighted by Gasteiger charge is -2.41. The molecule has 0 atom stereocenters. The molecule has 1 N–H and O–H groups in total. The summed E-state index contributed by atoms with van der Waals surface area (Å²) >= 11 is 0. The van der Waals surface area contributed by atoms with Gasteiger partial charge in [0.25, 0.3) is 0 Å². The Labute approximate surface area is 203 Å². The van der Waals surface area contributed by atoms with Crippen molar-refractivity contribution in [3.05, 3.63) is 64.9 Å². The van der Waals surface area contributed by atoms with Gasteiger partial charge >= 0.3 is 0 Å². The topological polar surface area (TPSA) is 54.0 Å². The Bertz CT molecular complexity index is 1070. The fourth-order valence-electron chi connectivity index (χ4n) is 5.81. The van der Waals surface area contributed by atoms with Gasteiger partial charge in [-0.1, -0.05) is 36.4 Å². The Balaban J connectivity index is 1.56. The van der Waals surface area contributed by atoms with Crippen LogP contribution < -0.4 is 14.8 Å². The van der Waals surface area contributed by atoms with Crippen molar-refractivity contribution in [2.24, 2.45) is 0 Å². The molecule has 0 aliphatic carbocycles. The van der Waals surface area contributed by atoms with Crippen LogP contribution in [-0.4, -0.2) is 67.6 Å². The first-order chi connectivity index (χ1) is 16.2. The minimum Gasteiger partial charge on any atom is -0.492 e. The Morgan fingerprint density at radius 1 is 0.882 bits per heavy atom. The van der Waals surface area contributed by atoms with Crippen LogP contribution in [0, 0.1) is 0 Å². The van der Waals surface area contributed by atoms with E-state index in [4.69, 9.17) is 9.47 Å². The van der Waals surface area contributed by atoms with Crippen LogP contribution in [0.4, 0.5) is 0 Å². The predicted molar refractivity (Wildman–Crippen MR) is 136 cm³/mol. The van der Waals surface area contributed by atoms with Gasteiger partial charge in [-0.2, -0.15) is 0 Å². The van der Waals surface area contributed by atoms with E-state index < -0.39 is 0 Å². The maximum absolute atomic E-state index is 11.4. The van der Waals surface area contributed by atoms with Crippen molar-refractivity contribution < 1.29 is 14.3 Å². The Hall–Kier alpha value is -2.83. The van der Waals surface area contributed by atoms with Crippen molar-refractivity contribution in [1.82, 2.24) is 15.1 Å². The Morgan fingerprint density at radius 2 is 1.53 bits per heavy atom. The number of piperazine rings is 1. The zero-order valence-electron chi connectivity index (χ0n) is 21.3. The highest BCUT2D eigenvalue weighted by Crippen LogP contribution is 2.44. The molecule has 182 valence electrons. The number of carbonyl (C=O) groups excluding carboxylic acids is 1. The SMILES string of the molecule is COc1c(C=O)ccc(CN2CCN(C3=C(c4ccccc4)C(C)(C)NC3(C)C)CC2)c1OC. The fourth-order valence-corrected chi connectivity index (χ4v) is 5.81. The van der Waals surface area contributed by atoms with E-state index in [1.807, 2.05) is 12.1 Å². The third-order valence-electron chi connectivity index (χ3n) is 6.98. The Morgan fingerprint density at radius 3 is 2.12 bits per heavy atom. The smallest absolute Gasteiger partial charge is 0.171 e. The molecule has 0 bridgehead atoms. The first-order valence-electron chi connectivity index (χ1n) is 12.0. The summed E-state index contributed by atoms with van der Waals surface area (Å²) in [6, 6.07) is 14.5. The second kappa shape index (κ2) is 9.43. The zero-order valence-corrected chi connectivity index (χ0v) is 21.3. The number of rotatable bonds is 7. The normalized spacial score (nSPS) is 19.9. The molecular formula is C28H37N3O3. The van der Waals surface area contributed by atoms with E-state index in [2.05, 4.69) is 73.1 Å². The van der Waals surface area contributed by atoms with E-state index in [-0.39, 0.29) is 11.1 Å². The molecule has 0 saturated carbocycles. The third kappa shape index (κ3) is 4.44. The number of hydrogen-bond acceptors (Lipinski definition) is 6. The average molecular weight is 464 g/mol. The second-order valence-electron chi connectivity index (χ2n) is 10.2. The number of benzene rings is 2. The lowest BCUT2D eigenvalue weighted by molar-refractivity contribution is 0.111. The van der Waals surface area contributed by atoms with Crippen molar-refractivity contribution >= 4 is 11.9 Å². The first-order valence-corrected chi connectivity index (χ1v) is 12.0. The van der Waals surface area contributed by atoms with Gasteiger partial charge in [0, 0.05) is 49.5 Å². The molecule has 1 fully saturated rings. The molecule has 2 aliphatic rings. The van der Waals surface area contributed by atoms with Crippen LogP contribution in [0.5, 0.6) is 11.5 Å². The van der Waals surface area contributed by atoms with Gasteiger partial charge in [-0.15, -0.1) is 0 Å². The largest absolute Gasteiger partial charge is 0.492 e. The van der Waals surface area contributed by atoms with E-state index in [1.54, 1.807) is 14.2 Å². The molecule has 6 nitrogen and oxygen atoms in total. The minimum absolute atomic E-state index is 0.110. The van der Waals surface area contributed by atoms with Crippen molar-refractivity contribution in [3.8, 4) is 11.5 Å². The summed E-state index contributed by atoms with van der Waals surface area (Å²) in [5.74, 6) is 1.15. The summed E-state index contributed by atoms with van der Waals surface area (Å²) < 4.78 is 11.1. The molecule has 1 saturated heterocycles. The van der Waals surface area contributed by atoms with Gasteiger partial charge in [0.15, 0.2) is 17.8 Å². The molecule has 2 aromatic rings. The van der Waals surface area contributed by atoms with Gasteiger partial charge in [-0.25, -0.2) is 0 Å². The summed E-state index contributed by atoms with van der Waals surface area (Å²) in [5.41, 5.74) is 5.40. The number of nitrogens with zero attached hydrogens (tertiary/aromatic N) is 2. The number of nitrogens with one attached hydrogen (secondary N) is 1. The molecule has 34 heavy (non-hydrogen) atoms. The summed E-state index contributed by atoms with van der Waals surface area (Å²) in [7, 11) is 3.20. The van der Waals surface area contributed by atoms with Crippen molar-refractivity contribution in [1.29, 1.82) is 0 Å². The minimum atomic E-state index is -0.113. The fraction of sp³-hybridized carbons (Fsp3) is 0.464. The van der Waals surface area contributed by atoms with Crippen LogP contribution >= 0.6 is 0 Å². The van der Waals surface area contributed by atoms with Gasteiger partial charge in [0.2, 0.25) is 0 Å². The highest BCUT2D eigenvalue weighted by atomic mass is 16.5. The maximum Gasteiger partial charge on any atom is 0.171 e. The van der Waals surface area contributed by atoms with E-state index in [0.717, 1.165) is 44.6 Å². The molecule has 2 aliphatic heterocycles. The molecule has 0 spiro atoms. The van der Waals surface area contributed by atoms with Crippen molar-refractivity contribution in [2.75, 3.05) is 40.4 Å². The average Bonchev–Trinajstić information content (AvgIpc) is 3.02. The van der Waals surface area contributed by atoms with Crippen molar-refractivity contribution in [3.63, 3.8) is 0 Å². The second-order valence-corrected chi connectivity index (χ2v) is 10.2. The molecule has 2 aromatic carbocycles. The standard InChI is InChI=1S/C28H37N3O3/c1-27(2)23(20-10-8-7-9-11-20)26(28(3,4)29-27)31-16-14-30(15-17-31)18-21-12-13-22(19-32)25(34-6)24(21)33-5/h7-13,19,29H,14-18H2,1-6H3. The molecule has 0 aromatic heterocycles. The molecule has 0 radical (unpaired) electrons. The molecule has 0 amide bonds. The van der Waals surface area contributed by atoms with Crippen LogP contribution in [0.2, 0.25) is 0 Å². The summed E-state index contributed by atoms with van der Waals surface area (Å²) in [5, 5.41) is 3.87. The number of carbonyl (C=O) groups is 1. The predicted octanol–water partition coefficient (Wildman–Crippen LogP) is 4.21. The summed E-state index contributed by atoms with van der Waals surface area (Å²) in [6.07, 6.45) is 0.806. The lowest BCUT2D eigenvalue weighted by Crippen LogP contribution is -2.52. The van der Waals surface area contributed by atoms with Gasteiger partial charge in [-0.05, 0) is 44.9 Å². The van der Waals surface area contributed by atoms with Gasteiger partial charge < -0.3 is 14.4 Å². The summed E-state index contributed by atoms with van der Waals surface area (Å²) in [6.45, 7) is 13.7. The number of methoxy groups -OCH3 is 2. The zero-order chi connectivity index (χ0) is 24.5. The summed E-state index contributed by atoms with van der Waals surface area (Å²) in [4.78, 5) is 16.4.